The molecule has 0 bridgehead atoms. The number of aromatic amines is 1. The van der Waals surface area contributed by atoms with Gasteiger partial charge in [0, 0.05) is 58.2 Å². The predicted molar refractivity (Wildman–Crippen MR) is 148 cm³/mol. The van der Waals surface area contributed by atoms with Gasteiger partial charge < -0.3 is 19.4 Å². The SMILES string of the molecule is COCCCN1CCC(Oc2cc3nc(Cc4ccc(-n5cc(C)c(C)n5)nc4)[nH]c(=O)c3cc2Cl)CC1. The molecule has 4 heterocycles. The lowest BCUT2D eigenvalue weighted by atomic mass is 10.1. The van der Waals surface area contributed by atoms with Crippen LogP contribution in [0.5, 0.6) is 5.75 Å². The number of aromatic nitrogens is 5. The van der Waals surface area contributed by atoms with Gasteiger partial charge in [0.25, 0.3) is 5.56 Å². The summed E-state index contributed by atoms with van der Waals surface area (Å²) in [5.41, 5.74) is 3.35. The molecule has 1 N–H and O–H groups in total. The van der Waals surface area contributed by atoms with E-state index < -0.39 is 0 Å². The standard InChI is InChI=1S/C28H33ClN6O3/c1-18-17-35(33-19(18)2)27-6-5-20(16-30-27)13-26-31-24-15-25(23(29)14-22(24)28(36)32-26)38-21-7-10-34(11-8-21)9-4-12-37-3/h5-6,14-17,21H,4,7-13H2,1-3H3,(H,31,32,36). The molecule has 200 valence electrons. The van der Waals surface area contributed by atoms with Crippen molar-refractivity contribution < 1.29 is 9.47 Å². The number of hydrogen-bond donors (Lipinski definition) is 1. The minimum Gasteiger partial charge on any atom is -0.489 e. The van der Waals surface area contributed by atoms with Crippen molar-refractivity contribution in [3.8, 4) is 11.6 Å². The first-order valence-electron chi connectivity index (χ1n) is 13.0. The summed E-state index contributed by atoms with van der Waals surface area (Å²) in [6, 6.07) is 7.31. The van der Waals surface area contributed by atoms with E-state index in [0.29, 0.717) is 33.9 Å². The Morgan fingerprint density at radius 3 is 2.68 bits per heavy atom. The van der Waals surface area contributed by atoms with Gasteiger partial charge in [0.05, 0.1) is 21.6 Å². The zero-order chi connectivity index (χ0) is 26.6. The molecule has 0 radical (unpaired) electrons. The van der Waals surface area contributed by atoms with Crippen molar-refractivity contribution in [2.45, 2.75) is 45.6 Å². The summed E-state index contributed by atoms with van der Waals surface area (Å²) in [5, 5.41) is 5.34. The quantitative estimate of drug-likeness (QED) is 0.319. The molecule has 0 saturated carbocycles. The summed E-state index contributed by atoms with van der Waals surface area (Å²) >= 11 is 6.51. The Bertz CT molecular complexity index is 1440. The third-order valence-electron chi connectivity index (χ3n) is 7.02. The number of rotatable bonds is 9. The fraction of sp³-hybridized carbons (Fsp3) is 0.429. The lowest BCUT2D eigenvalue weighted by Gasteiger charge is -2.32. The van der Waals surface area contributed by atoms with E-state index in [1.807, 2.05) is 32.2 Å². The molecule has 4 aromatic rings. The summed E-state index contributed by atoms with van der Waals surface area (Å²) in [5.74, 6) is 1.86. The van der Waals surface area contributed by atoms with Gasteiger partial charge in [-0.05, 0) is 56.4 Å². The van der Waals surface area contributed by atoms with Crippen LogP contribution in [-0.4, -0.2) is 69.1 Å². The number of H-pyrrole nitrogens is 1. The van der Waals surface area contributed by atoms with Crippen LogP contribution in [0, 0.1) is 13.8 Å². The Hall–Kier alpha value is -3.27. The van der Waals surface area contributed by atoms with Crippen LogP contribution >= 0.6 is 11.6 Å². The number of nitrogens with zero attached hydrogens (tertiary/aromatic N) is 5. The van der Waals surface area contributed by atoms with Crippen LogP contribution in [0.25, 0.3) is 16.7 Å². The van der Waals surface area contributed by atoms with Gasteiger partial charge in [-0.1, -0.05) is 17.7 Å². The smallest absolute Gasteiger partial charge is 0.258 e. The molecule has 0 atom stereocenters. The Morgan fingerprint density at radius 1 is 1.18 bits per heavy atom. The monoisotopic (exact) mass is 536 g/mol. The van der Waals surface area contributed by atoms with Crippen molar-refractivity contribution in [2.75, 3.05) is 33.4 Å². The van der Waals surface area contributed by atoms with E-state index in [1.54, 1.807) is 30.1 Å². The number of ether oxygens (including phenoxy) is 2. The number of halogens is 1. The summed E-state index contributed by atoms with van der Waals surface area (Å²) in [7, 11) is 1.73. The first-order chi connectivity index (χ1) is 18.4. The van der Waals surface area contributed by atoms with Gasteiger partial charge in [-0.15, -0.1) is 0 Å². The molecule has 0 spiro atoms. The van der Waals surface area contributed by atoms with Crippen molar-refractivity contribution in [3.63, 3.8) is 0 Å². The van der Waals surface area contributed by atoms with Crippen molar-refractivity contribution in [2.24, 2.45) is 0 Å². The first kappa shape index (κ1) is 26.3. The molecule has 1 aliphatic rings. The maximum Gasteiger partial charge on any atom is 0.258 e. The maximum absolute atomic E-state index is 12.8. The number of nitrogens with one attached hydrogen (secondary N) is 1. The third-order valence-corrected chi connectivity index (χ3v) is 7.31. The number of likely N-dealkylation sites (tertiary alicyclic amines) is 1. The number of pyridine rings is 1. The Kier molecular flexibility index (Phi) is 8.06. The van der Waals surface area contributed by atoms with Gasteiger partial charge in [0.1, 0.15) is 17.7 Å². The molecule has 1 aliphatic heterocycles. The van der Waals surface area contributed by atoms with E-state index in [1.165, 1.54) is 0 Å². The van der Waals surface area contributed by atoms with Gasteiger partial charge in [-0.25, -0.2) is 14.6 Å². The molecule has 1 aromatic carbocycles. The third kappa shape index (κ3) is 6.06. The summed E-state index contributed by atoms with van der Waals surface area (Å²) < 4.78 is 13.2. The predicted octanol–water partition coefficient (Wildman–Crippen LogP) is 4.24. The van der Waals surface area contributed by atoms with Gasteiger partial charge in [0.15, 0.2) is 5.82 Å². The summed E-state index contributed by atoms with van der Waals surface area (Å²) in [6.07, 6.45) is 7.14. The van der Waals surface area contributed by atoms with E-state index in [0.717, 1.165) is 68.1 Å². The van der Waals surface area contributed by atoms with Crippen LogP contribution in [0.1, 0.15) is 41.9 Å². The topological polar surface area (TPSA) is 98.2 Å². The number of methoxy groups -OCH3 is 1. The Labute approximate surface area is 226 Å². The highest BCUT2D eigenvalue weighted by Crippen LogP contribution is 2.30. The van der Waals surface area contributed by atoms with E-state index in [9.17, 15) is 4.79 Å². The average molecular weight is 537 g/mol. The van der Waals surface area contributed by atoms with Gasteiger partial charge in [-0.3, -0.25) is 4.79 Å². The van der Waals surface area contributed by atoms with Gasteiger partial charge >= 0.3 is 0 Å². The molecular weight excluding hydrogens is 504 g/mol. The molecule has 3 aromatic heterocycles. The zero-order valence-electron chi connectivity index (χ0n) is 22.0. The van der Waals surface area contributed by atoms with E-state index in [2.05, 4.69) is 20.0 Å². The van der Waals surface area contributed by atoms with Crippen molar-refractivity contribution in [1.29, 1.82) is 0 Å². The minimum atomic E-state index is -0.227. The normalized spacial score (nSPS) is 14.8. The molecule has 0 aliphatic carbocycles. The largest absolute Gasteiger partial charge is 0.489 e. The van der Waals surface area contributed by atoms with Crippen LogP contribution in [0.4, 0.5) is 0 Å². The molecule has 1 fully saturated rings. The highest BCUT2D eigenvalue weighted by atomic mass is 35.5. The zero-order valence-corrected chi connectivity index (χ0v) is 22.8. The van der Waals surface area contributed by atoms with E-state index in [-0.39, 0.29) is 11.7 Å². The molecule has 0 unspecified atom stereocenters. The number of aryl methyl sites for hydroxylation is 2. The molecule has 10 heteroatoms. The molecule has 9 nitrogen and oxygen atoms in total. The Morgan fingerprint density at radius 2 is 2.00 bits per heavy atom. The first-order valence-corrected chi connectivity index (χ1v) is 13.4. The second-order valence-electron chi connectivity index (χ2n) is 9.86. The molecule has 0 amide bonds. The maximum atomic E-state index is 12.8. The highest BCUT2D eigenvalue weighted by molar-refractivity contribution is 6.32. The minimum absolute atomic E-state index is 0.0806. The summed E-state index contributed by atoms with van der Waals surface area (Å²) in [4.78, 5) is 27.4. The molecule has 38 heavy (non-hydrogen) atoms. The van der Waals surface area contributed by atoms with E-state index in [4.69, 9.17) is 26.1 Å². The average Bonchev–Trinajstić information content (AvgIpc) is 3.24. The fourth-order valence-corrected chi connectivity index (χ4v) is 4.95. The van der Waals surface area contributed by atoms with Crippen LogP contribution in [0.2, 0.25) is 5.02 Å². The van der Waals surface area contributed by atoms with Gasteiger partial charge in [-0.2, -0.15) is 5.10 Å². The van der Waals surface area contributed by atoms with Crippen LogP contribution < -0.4 is 10.3 Å². The number of fused-ring (bicyclic) bond motifs is 1. The molecule has 5 rings (SSSR count). The second kappa shape index (κ2) is 11.6. The highest BCUT2D eigenvalue weighted by Gasteiger charge is 2.22. The molecular formula is C28H33ClN6O3. The number of piperidine rings is 1. The van der Waals surface area contributed by atoms with Crippen molar-refractivity contribution >= 4 is 22.5 Å². The fourth-order valence-electron chi connectivity index (χ4n) is 4.74. The van der Waals surface area contributed by atoms with Crippen molar-refractivity contribution in [3.05, 3.63) is 74.7 Å². The number of benzene rings is 1. The lowest BCUT2D eigenvalue weighted by Crippen LogP contribution is -2.39. The van der Waals surface area contributed by atoms with Gasteiger partial charge in [0.2, 0.25) is 0 Å². The van der Waals surface area contributed by atoms with E-state index >= 15 is 0 Å². The molecule has 1 saturated heterocycles. The van der Waals surface area contributed by atoms with Crippen LogP contribution in [0.15, 0.2) is 41.5 Å². The Balaban J connectivity index is 1.28. The lowest BCUT2D eigenvalue weighted by molar-refractivity contribution is 0.0931. The summed E-state index contributed by atoms with van der Waals surface area (Å²) in [6.45, 7) is 7.77. The van der Waals surface area contributed by atoms with Crippen LogP contribution in [-0.2, 0) is 11.2 Å². The second-order valence-corrected chi connectivity index (χ2v) is 10.3. The van der Waals surface area contributed by atoms with Crippen LogP contribution in [0.3, 0.4) is 0 Å². The van der Waals surface area contributed by atoms with Crippen molar-refractivity contribution in [1.82, 2.24) is 29.6 Å². The number of hydrogen-bond acceptors (Lipinski definition) is 7.